The van der Waals surface area contributed by atoms with Gasteiger partial charge in [0.2, 0.25) is 5.82 Å². The van der Waals surface area contributed by atoms with Crippen molar-refractivity contribution in [1.29, 1.82) is 0 Å². The minimum Gasteiger partial charge on any atom is -0.350 e. The van der Waals surface area contributed by atoms with E-state index >= 15 is 0 Å². The Hall–Kier alpha value is -2.44. The molecule has 0 spiro atoms. The topological polar surface area (TPSA) is 88.0 Å². The lowest BCUT2D eigenvalue weighted by Crippen LogP contribution is -2.22. The fourth-order valence-corrected chi connectivity index (χ4v) is 2.67. The van der Waals surface area contributed by atoms with Gasteiger partial charge in [0, 0.05) is 43.2 Å². The van der Waals surface area contributed by atoms with Crippen LogP contribution in [0.5, 0.6) is 0 Å². The third-order valence-corrected chi connectivity index (χ3v) is 3.68. The maximum atomic E-state index is 11.2. The molecule has 1 unspecified atom stereocenters. The van der Waals surface area contributed by atoms with Crippen LogP contribution < -0.4 is 4.90 Å². The lowest BCUT2D eigenvalue weighted by Gasteiger charge is -2.17. The van der Waals surface area contributed by atoms with E-state index in [1.54, 1.807) is 31.6 Å². The van der Waals surface area contributed by atoms with Crippen molar-refractivity contribution >= 4 is 11.5 Å². The number of imidazole rings is 1. The zero-order valence-electron chi connectivity index (χ0n) is 11.1. The number of pyridine rings is 1. The zero-order chi connectivity index (χ0) is 14.1. The summed E-state index contributed by atoms with van der Waals surface area (Å²) in [6, 6.07) is 1.67. The summed E-state index contributed by atoms with van der Waals surface area (Å²) in [4.78, 5) is 24.4. The molecule has 1 fully saturated rings. The largest absolute Gasteiger partial charge is 0.350 e. The number of hydrogen-bond donors (Lipinski definition) is 1. The Bertz CT molecular complexity index is 626. The molecule has 3 rings (SSSR count). The van der Waals surface area contributed by atoms with Gasteiger partial charge in [-0.25, -0.2) is 9.97 Å². The predicted molar refractivity (Wildman–Crippen MR) is 73.8 cm³/mol. The van der Waals surface area contributed by atoms with Gasteiger partial charge in [0.25, 0.3) is 0 Å². The molecule has 0 amide bonds. The Morgan fingerprint density at radius 3 is 3.00 bits per heavy atom. The highest BCUT2D eigenvalue weighted by molar-refractivity contribution is 5.62. The lowest BCUT2D eigenvalue weighted by atomic mass is 10.1. The van der Waals surface area contributed by atoms with E-state index in [4.69, 9.17) is 0 Å². The molecule has 1 aliphatic heterocycles. The Morgan fingerprint density at radius 1 is 1.45 bits per heavy atom. The third-order valence-electron chi connectivity index (χ3n) is 3.68. The number of H-pyrrole nitrogens is 1. The smallest absolute Gasteiger partial charge is 0.314 e. The summed E-state index contributed by atoms with van der Waals surface area (Å²) in [6.07, 6.45) is 6.06. The van der Waals surface area contributed by atoms with Crippen LogP contribution in [0.25, 0.3) is 0 Å². The second-order valence-electron chi connectivity index (χ2n) is 4.96. The van der Waals surface area contributed by atoms with Crippen LogP contribution in [0.4, 0.5) is 11.5 Å². The van der Waals surface area contributed by atoms with Gasteiger partial charge < -0.3 is 9.88 Å². The van der Waals surface area contributed by atoms with E-state index in [0.29, 0.717) is 17.9 Å². The first-order valence-electron chi connectivity index (χ1n) is 6.51. The van der Waals surface area contributed by atoms with Crippen molar-refractivity contribution in [1.82, 2.24) is 15.0 Å². The number of aryl methyl sites for hydroxylation is 1. The molecule has 1 atom stereocenters. The van der Waals surface area contributed by atoms with Crippen LogP contribution in [-0.4, -0.2) is 33.0 Å². The highest BCUT2D eigenvalue weighted by Crippen LogP contribution is 2.34. The van der Waals surface area contributed by atoms with Gasteiger partial charge in [-0.15, -0.1) is 0 Å². The fourth-order valence-electron chi connectivity index (χ4n) is 2.67. The molecule has 0 radical (unpaired) electrons. The van der Waals surface area contributed by atoms with Crippen LogP contribution in [0.3, 0.4) is 0 Å². The lowest BCUT2D eigenvalue weighted by molar-refractivity contribution is -0.384. The van der Waals surface area contributed by atoms with E-state index < -0.39 is 0 Å². The second kappa shape index (κ2) is 4.92. The second-order valence-corrected chi connectivity index (χ2v) is 4.96. The molecule has 3 heterocycles. The maximum Gasteiger partial charge on any atom is 0.314 e. The molecule has 0 saturated carbocycles. The molecule has 104 valence electrons. The highest BCUT2D eigenvalue weighted by Gasteiger charge is 2.31. The van der Waals surface area contributed by atoms with Crippen molar-refractivity contribution in [2.75, 3.05) is 18.0 Å². The van der Waals surface area contributed by atoms with Crippen LogP contribution in [0, 0.1) is 17.0 Å². The van der Waals surface area contributed by atoms with Crippen molar-refractivity contribution < 1.29 is 4.92 Å². The van der Waals surface area contributed by atoms with Gasteiger partial charge in [0.15, 0.2) is 0 Å². The van der Waals surface area contributed by atoms with Crippen LogP contribution >= 0.6 is 0 Å². The summed E-state index contributed by atoms with van der Waals surface area (Å²) in [5.41, 5.74) is 0.744. The monoisotopic (exact) mass is 273 g/mol. The summed E-state index contributed by atoms with van der Waals surface area (Å²) in [5.74, 6) is 1.67. The number of rotatable bonds is 3. The maximum absolute atomic E-state index is 11.2. The van der Waals surface area contributed by atoms with Gasteiger partial charge in [-0.1, -0.05) is 0 Å². The van der Waals surface area contributed by atoms with E-state index in [-0.39, 0.29) is 16.5 Å². The normalized spacial score (nSPS) is 18.4. The molecule has 7 heteroatoms. The van der Waals surface area contributed by atoms with E-state index in [1.807, 2.05) is 4.90 Å². The van der Waals surface area contributed by atoms with Gasteiger partial charge in [0.05, 0.1) is 4.92 Å². The number of hydrogen-bond acceptors (Lipinski definition) is 5. The molecule has 1 saturated heterocycles. The summed E-state index contributed by atoms with van der Waals surface area (Å²) in [6.45, 7) is 3.19. The van der Waals surface area contributed by atoms with Crippen molar-refractivity contribution in [2.45, 2.75) is 19.3 Å². The van der Waals surface area contributed by atoms with Crippen molar-refractivity contribution in [2.24, 2.45) is 0 Å². The molecule has 1 aliphatic rings. The molecular formula is C13H15N5O2. The van der Waals surface area contributed by atoms with Crippen molar-refractivity contribution in [3.05, 3.63) is 46.2 Å². The SMILES string of the molecule is Cc1ccnc(N2CCC(c3ncc[nH]3)C2)c1[N+](=O)[O-]. The van der Waals surface area contributed by atoms with Crippen LogP contribution in [-0.2, 0) is 0 Å². The molecule has 0 bridgehead atoms. The van der Waals surface area contributed by atoms with Crippen LogP contribution in [0.15, 0.2) is 24.7 Å². The molecule has 20 heavy (non-hydrogen) atoms. The minimum absolute atomic E-state index is 0.104. The summed E-state index contributed by atoms with van der Waals surface area (Å²) < 4.78 is 0. The molecule has 2 aromatic rings. The highest BCUT2D eigenvalue weighted by atomic mass is 16.6. The van der Waals surface area contributed by atoms with Crippen molar-refractivity contribution in [3.8, 4) is 0 Å². The van der Waals surface area contributed by atoms with Crippen molar-refractivity contribution in [3.63, 3.8) is 0 Å². The Balaban J connectivity index is 1.88. The molecule has 2 aromatic heterocycles. The molecular weight excluding hydrogens is 258 g/mol. The number of nitro groups is 1. The first kappa shape index (κ1) is 12.6. The number of nitrogens with zero attached hydrogens (tertiary/aromatic N) is 4. The Morgan fingerprint density at radius 2 is 2.30 bits per heavy atom. The first-order chi connectivity index (χ1) is 9.66. The van der Waals surface area contributed by atoms with E-state index in [1.165, 1.54) is 0 Å². The molecule has 0 aromatic carbocycles. The minimum atomic E-state index is -0.349. The van der Waals surface area contributed by atoms with E-state index in [2.05, 4.69) is 15.0 Å². The molecule has 0 aliphatic carbocycles. The third kappa shape index (κ3) is 2.11. The predicted octanol–water partition coefficient (Wildman–Crippen LogP) is 2.02. The van der Waals surface area contributed by atoms with E-state index in [0.717, 1.165) is 18.8 Å². The zero-order valence-corrected chi connectivity index (χ0v) is 11.1. The van der Waals surface area contributed by atoms with Gasteiger partial charge >= 0.3 is 5.69 Å². The summed E-state index contributed by atoms with van der Waals surface area (Å²) in [7, 11) is 0. The summed E-state index contributed by atoms with van der Waals surface area (Å²) >= 11 is 0. The summed E-state index contributed by atoms with van der Waals surface area (Å²) in [5, 5.41) is 11.2. The van der Waals surface area contributed by atoms with Gasteiger partial charge in [-0.3, -0.25) is 10.1 Å². The Labute approximate surface area is 115 Å². The standard InChI is InChI=1S/C13H15N5O2/c1-9-2-4-16-13(11(9)18(19)20)17-7-3-10(8-17)12-14-5-6-15-12/h2,4-6,10H,3,7-8H2,1H3,(H,14,15). The van der Waals surface area contributed by atoms with Crippen LogP contribution in [0.1, 0.15) is 23.7 Å². The molecule has 7 nitrogen and oxygen atoms in total. The van der Waals surface area contributed by atoms with E-state index in [9.17, 15) is 10.1 Å². The average molecular weight is 273 g/mol. The quantitative estimate of drug-likeness (QED) is 0.682. The van der Waals surface area contributed by atoms with Gasteiger partial charge in [-0.05, 0) is 19.4 Å². The Kier molecular flexibility index (Phi) is 3.09. The van der Waals surface area contributed by atoms with Gasteiger partial charge in [-0.2, -0.15) is 0 Å². The average Bonchev–Trinajstić information content (AvgIpc) is 3.09. The number of aromatic nitrogens is 3. The molecule has 1 N–H and O–H groups in total. The van der Waals surface area contributed by atoms with Gasteiger partial charge in [0.1, 0.15) is 5.82 Å². The number of aromatic amines is 1. The fraction of sp³-hybridized carbons (Fsp3) is 0.385. The van der Waals surface area contributed by atoms with Crippen LogP contribution in [0.2, 0.25) is 0 Å². The number of anilines is 1. The first-order valence-corrected chi connectivity index (χ1v) is 6.51. The number of nitrogens with one attached hydrogen (secondary N) is 1.